The van der Waals surface area contributed by atoms with Crippen molar-refractivity contribution in [2.45, 2.75) is 26.1 Å². The van der Waals surface area contributed by atoms with Crippen molar-refractivity contribution in [3.05, 3.63) is 77.2 Å². The maximum atomic E-state index is 12.8. The van der Waals surface area contributed by atoms with Gasteiger partial charge in [0.05, 0.1) is 52.3 Å². The maximum absolute atomic E-state index is 12.8. The molecule has 0 saturated carbocycles. The van der Waals surface area contributed by atoms with Crippen LogP contribution in [-0.2, 0) is 11.4 Å². The van der Waals surface area contributed by atoms with E-state index in [2.05, 4.69) is 26.7 Å². The quantitative estimate of drug-likeness (QED) is 0.211. The summed E-state index contributed by atoms with van der Waals surface area (Å²) in [6, 6.07) is 16.4. The average Bonchev–Trinajstić information content (AvgIpc) is 2.93. The van der Waals surface area contributed by atoms with Gasteiger partial charge in [-0.3, -0.25) is 14.8 Å². The van der Waals surface area contributed by atoms with Crippen LogP contribution in [0.2, 0.25) is 5.02 Å². The minimum Gasteiger partial charge on any atom is -0.492 e. The molecule has 41 heavy (non-hydrogen) atoms. The van der Waals surface area contributed by atoms with Crippen molar-refractivity contribution in [3.8, 4) is 17.6 Å². The molecule has 2 heterocycles. The third-order valence-corrected chi connectivity index (χ3v) is 6.26. The van der Waals surface area contributed by atoms with E-state index in [-0.39, 0.29) is 18.9 Å². The lowest BCUT2D eigenvalue weighted by atomic mass is 10.1. The molecule has 0 aliphatic rings. The van der Waals surface area contributed by atoms with Crippen molar-refractivity contribution < 1.29 is 19.4 Å². The molecule has 11 heteroatoms. The molecule has 0 aliphatic heterocycles. The molecule has 1 amide bonds. The van der Waals surface area contributed by atoms with Gasteiger partial charge in [0, 0.05) is 36.1 Å². The Hall–Kier alpha value is -4.43. The summed E-state index contributed by atoms with van der Waals surface area (Å²) >= 11 is 6.51. The number of anilines is 3. The maximum Gasteiger partial charge on any atom is 0.227 e. The van der Waals surface area contributed by atoms with Crippen molar-refractivity contribution in [2.75, 3.05) is 37.9 Å². The Morgan fingerprint density at radius 3 is 2.66 bits per heavy atom. The molecule has 1 unspecified atom stereocenters. The number of ether oxygens (including phenoxy) is 2. The summed E-state index contributed by atoms with van der Waals surface area (Å²) in [5.74, 6) is 0.550. The first kappa shape index (κ1) is 29.6. The minimum absolute atomic E-state index is 0.0867. The van der Waals surface area contributed by atoms with Gasteiger partial charge >= 0.3 is 0 Å². The Balaban J connectivity index is 1.63. The zero-order valence-corrected chi connectivity index (χ0v) is 23.8. The Morgan fingerprint density at radius 2 is 1.98 bits per heavy atom. The fraction of sp³-hybridized carbons (Fsp3) is 0.267. The zero-order valence-electron chi connectivity index (χ0n) is 23.0. The number of nitrogens with one attached hydrogen (secondary N) is 2. The second-order valence-corrected chi connectivity index (χ2v) is 9.91. The number of benzene rings is 2. The van der Waals surface area contributed by atoms with Gasteiger partial charge in [-0.1, -0.05) is 17.7 Å². The van der Waals surface area contributed by atoms with E-state index in [0.717, 1.165) is 5.69 Å². The molecule has 212 valence electrons. The van der Waals surface area contributed by atoms with Crippen LogP contribution < -0.4 is 20.1 Å². The van der Waals surface area contributed by atoms with E-state index in [4.69, 9.17) is 21.1 Å². The van der Waals surface area contributed by atoms with Gasteiger partial charge in [0.25, 0.3) is 0 Å². The van der Waals surface area contributed by atoms with Crippen LogP contribution >= 0.6 is 11.6 Å². The van der Waals surface area contributed by atoms with Crippen LogP contribution in [-0.4, -0.2) is 59.2 Å². The monoisotopic (exact) mass is 574 g/mol. The summed E-state index contributed by atoms with van der Waals surface area (Å²) < 4.78 is 11.6. The number of rotatable bonds is 12. The minimum atomic E-state index is -0.828. The number of aromatic nitrogens is 2. The van der Waals surface area contributed by atoms with Crippen molar-refractivity contribution in [3.63, 3.8) is 0 Å². The normalized spacial score (nSPS) is 11.6. The van der Waals surface area contributed by atoms with E-state index in [1.807, 2.05) is 39.2 Å². The number of aliphatic hydroxyl groups excluding tert-OH is 1. The fourth-order valence-electron chi connectivity index (χ4n) is 4.19. The standard InChI is InChI=1S/C30H31ClN6O4/c1-4-40-28-14-25-23(13-26(28)36-29(39)12-22(38)17-37(2)3)30(19(15-32)16-34-25)35-20-8-9-27(24(31)11-20)41-18-21-7-5-6-10-33-21/h5-11,13-14,16,22,38H,4,12,17-18H2,1-3H3,(H,34,35)(H,36,39). The second-order valence-electron chi connectivity index (χ2n) is 9.51. The van der Waals surface area contributed by atoms with Gasteiger partial charge in [-0.2, -0.15) is 5.26 Å². The van der Waals surface area contributed by atoms with Crippen molar-refractivity contribution in [2.24, 2.45) is 0 Å². The van der Waals surface area contributed by atoms with Gasteiger partial charge in [0.15, 0.2) is 0 Å². The van der Waals surface area contributed by atoms with Crippen LogP contribution in [0.5, 0.6) is 11.5 Å². The molecule has 3 N–H and O–H groups in total. The molecule has 2 aromatic heterocycles. The highest BCUT2D eigenvalue weighted by Crippen LogP contribution is 2.37. The second kappa shape index (κ2) is 13.8. The van der Waals surface area contributed by atoms with E-state index in [1.165, 1.54) is 6.20 Å². The predicted octanol–water partition coefficient (Wildman–Crippen LogP) is 5.13. The highest BCUT2D eigenvalue weighted by molar-refractivity contribution is 6.32. The summed E-state index contributed by atoms with van der Waals surface area (Å²) in [7, 11) is 3.64. The van der Waals surface area contributed by atoms with Crippen molar-refractivity contribution in [1.82, 2.24) is 14.9 Å². The van der Waals surface area contributed by atoms with Crippen LogP contribution in [0.3, 0.4) is 0 Å². The molecule has 0 aliphatic carbocycles. The lowest BCUT2D eigenvalue weighted by Gasteiger charge is -2.18. The predicted molar refractivity (Wildman–Crippen MR) is 159 cm³/mol. The molecule has 1 atom stereocenters. The Kier molecular flexibility index (Phi) is 9.92. The summed E-state index contributed by atoms with van der Waals surface area (Å²) in [5.41, 5.74) is 3.14. The van der Waals surface area contributed by atoms with Gasteiger partial charge in [0.1, 0.15) is 24.2 Å². The number of fused-ring (bicyclic) bond motifs is 1. The summed E-state index contributed by atoms with van der Waals surface area (Å²) in [4.78, 5) is 23.2. The van der Waals surface area contributed by atoms with E-state index in [1.54, 1.807) is 41.4 Å². The molecular weight excluding hydrogens is 544 g/mol. The number of carbonyl (C=O) groups excluding carboxylic acids is 1. The molecule has 0 fully saturated rings. The Bertz CT molecular complexity index is 1560. The smallest absolute Gasteiger partial charge is 0.227 e. The third kappa shape index (κ3) is 7.83. The number of likely N-dealkylation sites (N-methyl/N-ethyl adjacent to an activating group) is 1. The highest BCUT2D eigenvalue weighted by Gasteiger charge is 2.18. The van der Waals surface area contributed by atoms with Crippen molar-refractivity contribution in [1.29, 1.82) is 5.26 Å². The average molecular weight is 575 g/mol. The van der Waals surface area contributed by atoms with Gasteiger partial charge < -0.3 is 30.1 Å². The van der Waals surface area contributed by atoms with Crippen LogP contribution in [0.25, 0.3) is 10.9 Å². The topological polar surface area (TPSA) is 133 Å². The number of pyridine rings is 2. The molecule has 0 radical (unpaired) electrons. The molecule has 10 nitrogen and oxygen atoms in total. The number of halogens is 1. The van der Waals surface area contributed by atoms with Crippen LogP contribution in [0.15, 0.2) is 60.9 Å². The van der Waals surface area contributed by atoms with Gasteiger partial charge in [-0.25, -0.2) is 0 Å². The summed E-state index contributed by atoms with van der Waals surface area (Å²) in [6.07, 6.45) is 2.26. The van der Waals surface area contributed by atoms with E-state index in [9.17, 15) is 15.2 Å². The summed E-state index contributed by atoms with van der Waals surface area (Å²) in [5, 5.41) is 27.1. The Labute approximate surface area is 243 Å². The first-order valence-corrected chi connectivity index (χ1v) is 13.4. The SMILES string of the molecule is CCOc1cc2ncc(C#N)c(Nc3ccc(OCc4ccccn4)c(Cl)c3)c2cc1NC(=O)CC(O)CN(C)C. The number of nitriles is 1. The van der Waals surface area contributed by atoms with Crippen LogP contribution in [0.1, 0.15) is 24.6 Å². The fourth-order valence-corrected chi connectivity index (χ4v) is 4.42. The van der Waals surface area contributed by atoms with E-state index in [0.29, 0.717) is 63.2 Å². The van der Waals surface area contributed by atoms with E-state index >= 15 is 0 Å². The van der Waals surface area contributed by atoms with Crippen LogP contribution in [0.4, 0.5) is 17.1 Å². The van der Waals surface area contributed by atoms with Crippen molar-refractivity contribution >= 4 is 45.5 Å². The van der Waals surface area contributed by atoms with E-state index < -0.39 is 6.10 Å². The molecule has 0 spiro atoms. The third-order valence-electron chi connectivity index (χ3n) is 5.96. The first-order valence-electron chi connectivity index (χ1n) is 13.0. The number of carbonyl (C=O) groups is 1. The number of hydrogen-bond acceptors (Lipinski definition) is 9. The highest BCUT2D eigenvalue weighted by atomic mass is 35.5. The number of nitrogens with zero attached hydrogens (tertiary/aromatic N) is 4. The first-order chi connectivity index (χ1) is 19.8. The van der Waals surface area contributed by atoms with Gasteiger partial charge in [0.2, 0.25) is 5.91 Å². The summed E-state index contributed by atoms with van der Waals surface area (Å²) in [6.45, 7) is 2.82. The molecule has 4 rings (SSSR count). The molecular formula is C30H31ClN6O4. The zero-order chi connectivity index (χ0) is 29.4. The molecule has 2 aromatic carbocycles. The number of amides is 1. The number of aliphatic hydroxyl groups is 1. The molecule has 0 bridgehead atoms. The van der Waals surface area contributed by atoms with Gasteiger partial charge in [-0.15, -0.1) is 0 Å². The lowest BCUT2D eigenvalue weighted by molar-refractivity contribution is -0.118. The van der Waals surface area contributed by atoms with Gasteiger partial charge in [-0.05, 0) is 57.4 Å². The lowest BCUT2D eigenvalue weighted by Crippen LogP contribution is -2.29. The molecule has 4 aromatic rings. The molecule has 0 saturated heterocycles. The van der Waals surface area contributed by atoms with Crippen LogP contribution in [0, 0.1) is 11.3 Å². The number of hydrogen-bond donors (Lipinski definition) is 3. The Morgan fingerprint density at radius 1 is 1.15 bits per heavy atom. The largest absolute Gasteiger partial charge is 0.492 e.